The van der Waals surface area contributed by atoms with Gasteiger partial charge in [-0.05, 0) is 52.0 Å². The molecule has 0 amide bonds. The summed E-state index contributed by atoms with van der Waals surface area (Å²) >= 11 is 6.00. The first-order valence-electron chi connectivity index (χ1n) is 7.17. The minimum absolute atomic E-state index is 0.0756. The van der Waals surface area contributed by atoms with E-state index in [2.05, 4.69) is 48.7 Å². The van der Waals surface area contributed by atoms with Gasteiger partial charge in [0.05, 0.1) is 27.7 Å². The molecule has 6 N–H and O–H groups in total. The van der Waals surface area contributed by atoms with E-state index in [4.69, 9.17) is 21.3 Å². The van der Waals surface area contributed by atoms with E-state index in [1.165, 1.54) is 52.0 Å². The third-order valence-corrected chi connectivity index (χ3v) is 3.76. The van der Waals surface area contributed by atoms with E-state index in [-0.39, 0.29) is 27.7 Å². The van der Waals surface area contributed by atoms with Crippen LogP contribution in [0.2, 0.25) is 0 Å². The van der Waals surface area contributed by atoms with Gasteiger partial charge in [0.15, 0.2) is 0 Å². The van der Waals surface area contributed by atoms with Gasteiger partial charge in [0.1, 0.15) is 0 Å². The van der Waals surface area contributed by atoms with E-state index < -0.39 is 10.0 Å². The fourth-order valence-corrected chi connectivity index (χ4v) is 1.45. The van der Waals surface area contributed by atoms with Gasteiger partial charge in [-0.3, -0.25) is 0 Å². The number of halogens is 1. The van der Waals surface area contributed by atoms with Crippen LogP contribution in [0.25, 0.3) is 0 Å². The molecular weight excluding hydrogens is 519 g/mol. The summed E-state index contributed by atoms with van der Waals surface area (Å²) in [5, 5.41) is 50.7. The second-order valence-corrected chi connectivity index (χ2v) is 6.40. The van der Waals surface area contributed by atoms with Crippen LogP contribution in [0.5, 0.6) is 0 Å². The molecule has 0 bridgehead atoms. The van der Waals surface area contributed by atoms with Gasteiger partial charge in [0, 0.05) is 5.69 Å². The number of benzene rings is 1. The van der Waals surface area contributed by atoms with E-state index in [0.717, 1.165) is 0 Å². The van der Waals surface area contributed by atoms with E-state index in [0.29, 0.717) is 5.69 Å². The van der Waals surface area contributed by atoms with Gasteiger partial charge in [-0.2, -0.15) is 0 Å². The Labute approximate surface area is 184 Å². The number of nitrogens with zero attached hydrogens (tertiary/aromatic N) is 4. The van der Waals surface area contributed by atoms with Gasteiger partial charge in [-0.15, -0.1) is 0 Å². The van der Waals surface area contributed by atoms with Crippen molar-refractivity contribution in [2.24, 2.45) is 25.8 Å². The Morgan fingerprint density at radius 3 is 1.38 bits per heavy atom. The molecular formula is C14H22BrCoN6O6S. The van der Waals surface area contributed by atoms with Crippen LogP contribution < -0.4 is 10.9 Å². The summed E-state index contributed by atoms with van der Waals surface area (Å²) in [5.41, 5.74) is 6.75. The number of primary sulfonamides is 1. The van der Waals surface area contributed by atoms with Crippen LogP contribution in [0.1, 0.15) is 27.7 Å². The number of anilines is 1. The van der Waals surface area contributed by atoms with Crippen molar-refractivity contribution in [2.75, 3.05) is 5.73 Å². The van der Waals surface area contributed by atoms with Crippen molar-refractivity contribution in [3.05, 3.63) is 34.7 Å². The van der Waals surface area contributed by atoms with Crippen molar-refractivity contribution in [1.29, 1.82) is 0 Å². The molecule has 0 spiro atoms. The second kappa shape index (κ2) is 17.9. The maximum atomic E-state index is 10.7. The Kier molecular flexibility index (Phi) is 19.4. The average molecular weight is 541 g/mol. The van der Waals surface area contributed by atoms with Crippen molar-refractivity contribution in [3.8, 4) is 0 Å². The van der Waals surface area contributed by atoms with Crippen LogP contribution in [0, 0.1) is 10.4 Å². The Bertz CT molecular complexity index is 748. The fourth-order valence-electron chi connectivity index (χ4n) is 0.934. The molecule has 1 aromatic carbocycles. The summed E-state index contributed by atoms with van der Waals surface area (Å²) in [4.78, 5) is 0.0756. The van der Waals surface area contributed by atoms with E-state index in [9.17, 15) is 18.8 Å². The van der Waals surface area contributed by atoms with Crippen LogP contribution >= 0.6 is 14.2 Å². The Hall–Kier alpha value is -2.20. The van der Waals surface area contributed by atoms with Crippen LogP contribution in [0.4, 0.5) is 5.69 Å². The standard InChI is InChI=1S/C6H8N2O2S.2C4H8N2O2.BrH.Co/c7-5-1-3-6(4-2-5)11(8,9)10;2*1-3(5-7)4(2)6-8;;/h1-4H,7H2,(H2,8,9,10);2*7-8H,1-2H3;1H;/q;;;;+3/p-3/b;2*5-3+,6-4+;;. The SMILES string of the molecule is CC(=N\[O-])/C(C)=N/O.CC(=N\[O-])/C(C)=N/O.Nc1ccc(S(N)(=O)=O)cc1.[Co+2][Br]. The molecule has 0 heterocycles. The first-order valence-corrected chi connectivity index (χ1v) is 11.3. The molecule has 0 aliphatic carbocycles. The van der Waals surface area contributed by atoms with Gasteiger partial charge < -0.3 is 36.9 Å². The Morgan fingerprint density at radius 2 is 1.21 bits per heavy atom. The monoisotopic (exact) mass is 540 g/mol. The molecule has 0 aliphatic heterocycles. The van der Waals surface area contributed by atoms with Crippen LogP contribution in [0.3, 0.4) is 0 Å². The second-order valence-electron chi connectivity index (χ2n) is 4.84. The molecule has 29 heavy (non-hydrogen) atoms. The quantitative estimate of drug-likeness (QED) is 0.193. The Balaban J connectivity index is -0.000000342. The first-order chi connectivity index (χ1) is 13.4. The van der Waals surface area contributed by atoms with Crippen molar-refractivity contribution in [1.82, 2.24) is 0 Å². The van der Waals surface area contributed by atoms with Crippen LogP contribution in [-0.2, 0) is 24.0 Å². The zero-order valence-corrected chi connectivity index (χ0v) is 19.3. The third kappa shape index (κ3) is 16.5. The summed E-state index contributed by atoms with van der Waals surface area (Å²) in [5.74, 6) is 0. The molecule has 0 atom stereocenters. The number of hydrogen-bond acceptors (Lipinski definition) is 11. The number of nitrogens with two attached hydrogens (primary N) is 2. The van der Waals surface area contributed by atoms with E-state index in [1.54, 1.807) is 0 Å². The molecule has 1 rings (SSSR count). The van der Waals surface area contributed by atoms with Crippen molar-refractivity contribution >= 4 is 52.7 Å². The van der Waals surface area contributed by atoms with E-state index in [1.807, 2.05) is 0 Å². The van der Waals surface area contributed by atoms with E-state index >= 15 is 0 Å². The molecule has 0 radical (unpaired) electrons. The topological polar surface area (TPSA) is 222 Å². The molecule has 0 saturated heterocycles. The summed E-state index contributed by atoms with van der Waals surface area (Å²) < 4.78 is 21.4. The van der Waals surface area contributed by atoms with Gasteiger partial charge in [0.25, 0.3) is 0 Å². The molecule has 0 aliphatic rings. The number of nitrogen functional groups attached to an aromatic ring is 1. The van der Waals surface area contributed by atoms with Crippen LogP contribution in [0.15, 0.2) is 49.8 Å². The van der Waals surface area contributed by atoms with Crippen molar-refractivity contribution in [2.45, 2.75) is 32.6 Å². The predicted molar refractivity (Wildman–Crippen MR) is 114 cm³/mol. The van der Waals surface area contributed by atoms with Crippen LogP contribution in [-0.4, -0.2) is 41.7 Å². The summed E-state index contributed by atoms with van der Waals surface area (Å²) in [6.45, 7) is 5.94. The molecule has 0 aromatic heterocycles. The molecule has 0 unspecified atom stereocenters. The van der Waals surface area contributed by atoms with Gasteiger partial charge in [0.2, 0.25) is 10.0 Å². The normalized spacial score (nSPS) is 12.4. The average Bonchev–Trinajstić information content (AvgIpc) is 2.73. The molecule has 15 heteroatoms. The Morgan fingerprint density at radius 1 is 0.897 bits per heavy atom. The number of rotatable bonds is 3. The first kappa shape index (κ1) is 31.5. The van der Waals surface area contributed by atoms with Crippen molar-refractivity contribution < 1.29 is 32.8 Å². The summed E-state index contributed by atoms with van der Waals surface area (Å²) in [6.07, 6.45) is 0. The molecule has 0 fully saturated rings. The zero-order valence-electron chi connectivity index (χ0n) is 15.9. The molecule has 12 nitrogen and oxygen atoms in total. The number of hydrogen-bond donors (Lipinski definition) is 4. The number of sulfonamides is 1. The number of oxime groups is 2. The fraction of sp³-hybridized carbons (Fsp3) is 0.286. The molecule has 166 valence electrons. The third-order valence-electron chi connectivity index (χ3n) is 2.83. The predicted octanol–water partition coefficient (Wildman–Crippen LogP) is 2.35. The van der Waals surface area contributed by atoms with Crippen molar-refractivity contribution in [3.63, 3.8) is 0 Å². The summed E-state index contributed by atoms with van der Waals surface area (Å²) in [7, 11) is -3.58. The van der Waals surface area contributed by atoms with Gasteiger partial charge in [-0.25, -0.2) is 13.6 Å². The molecule has 0 saturated carbocycles. The zero-order chi connectivity index (χ0) is 23.6. The van der Waals surface area contributed by atoms with Gasteiger partial charge >= 0.3 is 28.1 Å². The maximum absolute atomic E-state index is 10.7. The minimum atomic E-state index is -3.58. The van der Waals surface area contributed by atoms with Gasteiger partial charge in [-0.1, -0.05) is 10.3 Å². The summed E-state index contributed by atoms with van der Waals surface area (Å²) in [6, 6.07) is 5.70. The molecule has 1 aromatic rings.